The second-order valence-electron chi connectivity index (χ2n) is 6.85. The number of furan rings is 1. The standard InChI is InChI=1S/C22H21NO6/c1-14-10-17(15(2)23(14)11-16-6-5-9-26-16)18(24)12-28-22(25)21-13-27-19-7-3-4-8-20(19)29-21/h3-10,21H,11-13H2,1-2H3. The number of esters is 1. The molecule has 1 aliphatic heterocycles. The molecule has 3 aromatic rings. The van der Waals surface area contributed by atoms with Gasteiger partial charge in [-0.1, -0.05) is 12.1 Å². The van der Waals surface area contributed by atoms with Gasteiger partial charge < -0.3 is 23.2 Å². The van der Waals surface area contributed by atoms with Crippen molar-refractivity contribution in [2.24, 2.45) is 0 Å². The molecule has 7 nitrogen and oxygen atoms in total. The number of hydrogen-bond donors (Lipinski definition) is 0. The SMILES string of the molecule is Cc1cc(C(=O)COC(=O)C2COc3ccccc3O2)c(C)n1Cc1ccco1. The van der Waals surface area contributed by atoms with Gasteiger partial charge in [-0.3, -0.25) is 4.79 Å². The van der Waals surface area contributed by atoms with E-state index in [2.05, 4.69) is 0 Å². The summed E-state index contributed by atoms with van der Waals surface area (Å²) in [6.45, 7) is 4.00. The number of hydrogen-bond acceptors (Lipinski definition) is 6. The Balaban J connectivity index is 1.38. The maximum Gasteiger partial charge on any atom is 0.351 e. The van der Waals surface area contributed by atoms with Gasteiger partial charge in [0.2, 0.25) is 11.9 Å². The van der Waals surface area contributed by atoms with Gasteiger partial charge in [0.15, 0.2) is 18.1 Å². The first kappa shape index (κ1) is 18.9. The minimum Gasteiger partial charge on any atom is -0.485 e. The van der Waals surface area contributed by atoms with Crippen LogP contribution in [-0.4, -0.2) is 35.6 Å². The first-order valence-electron chi connectivity index (χ1n) is 9.30. The highest BCUT2D eigenvalue weighted by Gasteiger charge is 2.29. The highest BCUT2D eigenvalue weighted by Crippen LogP contribution is 2.31. The van der Waals surface area contributed by atoms with E-state index < -0.39 is 12.1 Å². The molecule has 0 spiro atoms. The monoisotopic (exact) mass is 395 g/mol. The Morgan fingerprint density at radius 2 is 1.93 bits per heavy atom. The fraction of sp³-hybridized carbons (Fsp3) is 0.273. The third kappa shape index (κ3) is 3.89. The molecule has 1 aliphatic rings. The molecule has 0 saturated heterocycles. The van der Waals surface area contributed by atoms with E-state index in [1.165, 1.54) is 0 Å². The van der Waals surface area contributed by atoms with Crippen LogP contribution in [-0.2, 0) is 16.1 Å². The van der Waals surface area contributed by atoms with Gasteiger partial charge in [-0.2, -0.15) is 0 Å². The van der Waals surface area contributed by atoms with Gasteiger partial charge in [-0.25, -0.2) is 4.79 Å². The van der Waals surface area contributed by atoms with E-state index in [0.29, 0.717) is 23.6 Å². The molecular weight excluding hydrogens is 374 g/mol. The molecule has 4 rings (SSSR count). The topological polar surface area (TPSA) is 79.9 Å². The number of nitrogens with zero attached hydrogens (tertiary/aromatic N) is 1. The van der Waals surface area contributed by atoms with Crippen molar-refractivity contribution in [1.29, 1.82) is 0 Å². The summed E-state index contributed by atoms with van der Waals surface area (Å²) in [7, 11) is 0. The van der Waals surface area contributed by atoms with E-state index in [1.54, 1.807) is 30.5 Å². The Kier molecular flexibility index (Phi) is 5.12. The van der Waals surface area contributed by atoms with Crippen molar-refractivity contribution in [3.8, 4) is 11.5 Å². The molecule has 29 heavy (non-hydrogen) atoms. The van der Waals surface area contributed by atoms with Crippen LogP contribution >= 0.6 is 0 Å². The number of para-hydroxylation sites is 2. The molecule has 2 aromatic heterocycles. The molecule has 0 aliphatic carbocycles. The Labute approximate surface area is 167 Å². The molecule has 0 bridgehead atoms. The van der Waals surface area contributed by atoms with Crippen LogP contribution in [0, 0.1) is 13.8 Å². The highest BCUT2D eigenvalue weighted by molar-refractivity contribution is 5.99. The van der Waals surface area contributed by atoms with Crippen molar-refractivity contribution in [3.05, 3.63) is 71.4 Å². The second-order valence-corrected chi connectivity index (χ2v) is 6.85. The number of aryl methyl sites for hydroxylation is 1. The Morgan fingerprint density at radius 1 is 1.14 bits per heavy atom. The number of carbonyl (C=O) groups excluding carboxylic acids is 2. The van der Waals surface area contributed by atoms with E-state index in [0.717, 1.165) is 17.1 Å². The van der Waals surface area contributed by atoms with Gasteiger partial charge in [0.1, 0.15) is 12.4 Å². The van der Waals surface area contributed by atoms with Gasteiger partial charge >= 0.3 is 5.97 Å². The lowest BCUT2D eigenvalue weighted by Gasteiger charge is -2.24. The molecular formula is C22H21NO6. The summed E-state index contributed by atoms with van der Waals surface area (Å²) in [4.78, 5) is 24.9. The van der Waals surface area contributed by atoms with E-state index in [4.69, 9.17) is 18.6 Å². The first-order chi connectivity index (χ1) is 14.0. The number of carbonyl (C=O) groups is 2. The van der Waals surface area contributed by atoms with Crippen LogP contribution in [0.4, 0.5) is 0 Å². The van der Waals surface area contributed by atoms with E-state index in [1.807, 2.05) is 36.6 Å². The minimum absolute atomic E-state index is 0.0434. The van der Waals surface area contributed by atoms with Crippen LogP contribution < -0.4 is 9.47 Å². The Hall–Kier alpha value is -3.48. The molecule has 150 valence electrons. The van der Waals surface area contributed by atoms with Crippen molar-refractivity contribution in [1.82, 2.24) is 4.57 Å². The minimum atomic E-state index is -0.899. The third-order valence-corrected chi connectivity index (χ3v) is 4.89. The lowest BCUT2D eigenvalue weighted by atomic mass is 10.1. The normalized spacial score (nSPS) is 15.2. The summed E-state index contributed by atoms with van der Waals surface area (Å²) in [6, 6.07) is 12.6. The number of aromatic nitrogens is 1. The number of fused-ring (bicyclic) bond motifs is 1. The van der Waals surface area contributed by atoms with Crippen molar-refractivity contribution in [2.75, 3.05) is 13.2 Å². The van der Waals surface area contributed by atoms with E-state index >= 15 is 0 Å². The largest absolute Gasteiger partial charge is 0.485 e. The fourth-order valence-electron chi connectivity index (χ4n) is 3.33. The van der Waals surface area contributed by atoms with Crippen LogP contribution in [0.1, 0.15) is 27.5 Å². The predicted molar refractivity (Wildman–Crippen MR) is 103 cm³/mol. The zero-order valence-corrected chi connectivity index (χ0v) is 16.2. The Morgan fingerprint density at radius 3 is 2.69 bits per heavy atom. The average Bonchev–Trinajstić information content (AvgIpc) is 3.35. The zero-order chi connectivity index (χ0) is 20.4. The smallest absolute Gasteiger partial charge is 0.351 e. The van der Waals surface area contributed by atoms with Crippen LogP contribution in [0.25, 0.3) is 0 Å². The van der Waals surface area contributed by atoms with Crippen molar-refractivity contribution in [3.63, 3.8) is 0 Å². The maximum atomic E-state index is 12.6. The van der Waals surface area contributed by atoms with Crippen LogP contribution in [0.3, 0.4) is 0 Å². The maximum absolute atomic E-state index is 12.6. The summed E-state index contributed by atoms with van der Waals surface area (Å²) in [6.07, 6.45) is 0.717. The molecule has 1 aromatic carbocycles. The van der Waals surface area contributed by atoms with Gasteiger partial charge in [0.05, 0.1) is 12.8 Å². The summed E-state index contributed by atoms with van der Waals surface area (Å²) >= 11 is 0. The van der Waals surface area contributed by atoms with Crippen molar-refractivity contribution >= 4 is 11.8 Å². The third-order valence-electron chi connectivity index (χ3n) is 4.89. The highest BCUT2D eigenvalue weighted by atomic mass is 16.6. The van der Waals surface area contributed by atoms with Gasteiger partial charge in [0.25, 0.3) is 0 Å². The molecule has 0 saturated carbocycles. The number of rotatable bonds is 6. The van der Waals surface area contributed by atoms with E-state index in [9.17, 15) is 9.59 Å². The molecule has 7 heteroatoms. The number of ether oxygens (including phenoxy) is 3. The molecule has 0 radical (unpaired) electrons. The molecule has 0 fully saturated rings. The van der Waals surface area contributed by atoms with Gasteiger partial charge in [0, 0.05) is 17.0 Å². The summed E-state index contributed by atoms with van der Waals surface area (Å²) < 4.78 is 23.7. The summed E-state index contributed by atoms with van der Waals surface area (Å²) in [5, 5.41) is 0. The molecule has 1 atom stereocenters. The molecule has 0 amide bonds. The van der Waals surface area contributed by atoms with E-state index in [-0.39, 0.29) is 19.0 Å². The number of ketones is 1. The van der Waals surface area contributed by atoms with Gasteiger partial charge in [-0.05, 0) is 44.2 Å². The van der Waals surface area contributed by atoms with Crippen molar-refractivity contribution < 1.29 is 28.2 Å². The number of benzene rings is 1. The first-order valence-corrected chi connectivity index (χ1v) is 9.30. The zero-order valence-electron chi connectivity index (χ0n) is 16.2. The summed E-state index contributed by atoms with van der Waals surface area (Å²) in [5.41, 5.74) is 2.24. The molecule has 3 heterocycles. The molecule has 1 unspecified atom stereocenters. The average molecular weight is 395 g/mol. The lowest BCUT2D eigenvalue weighted by Crippen LogP contribution is -2.38. The van der Waals surface area contributed by atoms with Crippen LogP contribution in [0.15, 0.2) is 53.1 Å². The quantitative estimate of drug-likeness (QED) is 0.471. The lowest BCUT2D eigenvalue weighted by molar-refractivity contribution is -0.153. The van der Waals surface area contributed by atoms with Crippen LogP contribution in [0.5, 0.6) is 11.5 Å². The van der Waals surface area contributed by atoms with Crippen LogP contribution in [0.2, 0.25) is 0 Å². The fourth-order valence-corrected chi connectivity index (χ4v) is 3.33. The van der Waals surface area contributed by atoms with Gasteiger partial charge in [-0.15, -0.1) is 0 Å². The number of Topliss-reactive ketones (excluding diaryl/α,β-unsaturated/α-hetero) is 1. The molecule has 0 N–H and O–H groups in total. The summed E-state index contributed by atoms with van der Waals surface area (Å²) in [5.74, 6) is 0.962. The second kappa shape index (κ2) is 7.87. The van der Waals surface area contributed by atoms with Crippen molar-refractivity contribution in [2.45, 2.75) is 26.5 Å². The predicted octanol–water partition coefficient (Wildman–Crippen LogP) is 3.31. The Bertz CT molecular complexity index is 1030.